The van der Waals surface area contributed by atoms with Crippen LogP contribution >= 0.6 is 15.9 Å². The van der Waals surface area contributed by atoms with Crippen LogP contribution in [0, 0.1) is 18.7 Å². The molecular formula is C12H16BrF. The molecule has 0 aliphatic rings. The van der Waals surface area contributed by atoms with Gasteiger partial charge in [-0.1, -0.05) is 35.8 Å². The third-order valence-corrected chi connectivity index (χ3v) is 3.54. The number of rotatable bonds is 3. The van der Waals surface area contributed by atoms with Gasteiger partial charge in [-0.05, 0) is 42.5 Å². The van der Waals surface area contributed by atoms with Gasteiger partial charge in [0.25, 0.3) is 0 Å². The van der Waals surface area contributed by atoms with Crippen LogP contribution in [0.25, 0.3) is 0 Å². The fourth-order valence-corrected chi connectivity index (χ4v) is 1.56. The van der Waals surface area contributed by atoms with E-state index in [0.717, 1.165) is 12.0 Å². The van der Waals surface area contributed by atoms with E-state index in [1.165, 1.54) is 11.6 Å². The summed E-state index contributed by atoms with van der Waals surface area (Å²) in [6.07, 6.45) is 0.927. The maximum absolute atomic E-state index is 13.0. The molecule has 0 aliphatic carbocycles. The van der Waals surface area contributed by atoms with Crippen LogP contribution in [0.2, 0.25) is 0 Å². The van der Waals surface area contributed by atoms with Crippen molar-refractivity contribution in [2.75, 3.05) is 0 Å². The van der Waals surface area contributed by atoms with Gasteiger partial charge in [-0.25, -0.2) is 4.39 Å². The van der Waals surface area contributed by atoms with Gasteiger partial charge in [0, 0.05) is 4.83 Å². The fourth-order valence-electron chi connectivity index (χ4n) is 1.37. The summed E-state index contributed by atoms with van der Waals surface area (Å²) in [4.78, 5) is 0.463. The zero-order valence-electron chi connectivity index (χ0n) is 8.85. The van der Waals surface area contributed by atoms with Crippen molar-refractivity contribution in [1.29, 1.82) is 0 Å². The number of hydrogen-bond donors (Lipinski definition) is 0. The molecule has 0 amide bonds. The van der Waals surface area contributed by atoms with E-state index in [1.54, 1.807) is 6.07 Å². The highest BCUT2D eigenvalue weighted by atomic mass is 79.9. The van der Waals surface area contributed by atoms with Crippen molar-refractivity contribution in [1.82, 2.24) is 0 Å². The van der Waals surface area contributed by atoms with Crippen LogP contribution in [0.15, 0.2) is 18.2 Å². The molecule has 0 bridgehead atoms. The van der Waals surface area contributed by atoms with E-state index in [-0.39, 0.29) is 5.82 Å². The molecule has 1 aromatic rings. The van der Waals surface area contributed by atoms with Crippen LogP contribution in [0.5, 0.6) is 0 Å². The summed E-state index contributed by atoms with van der Waals surface area (Å²) in [6.45, 7) is 6.32. The number of hydrogen-bond acceptors (Lipinski definition) is 0. The molecule has 1 rings (SSSR count). The van der Waals surface area contributed by atoms with Gasteiger partial charge in [-0.2, -0.15) is 0 Å². The molecule has 0 N–H and O–H groups in total. The minimum Gasteiger partial charge on any atom is -0.207 e. The Bertz CT molecular complexity index is 307. The number of halogens is 2. The zero-order valence-corrected chi connectivity index (χ0v) is 10.4. The standard InChI is InChI=1S/C12H16BrF/c1-8-4-5-12(14)7-11(8)6-9(2)10(3)13/h4-5,7,9-10H,6H2,1-3H3. The first-order valence-corrected chi connectivity index (χ1v) is 5.81. The zero-order chi connectivity index (χ0) is 10.7. The quantitative estimate of drug-likeness (QED) is 0.717. The monoisotopic (exact) mass is 258 g/mol. The largest absolute Gasteiger partial charge is 0.207 e. The topological polar surface area (TPSA) is 0 Å². The van der Waals surface area contributed by atoms with Gasteiger partial charge in [-0.3, -0.25) is 0 Å². The van der Waals surface area contributed by atoms with Gasteiger partial charge in [0.05, 0.1) is 0 Å². The van der Waals surface area contributed by atoms with Crippen LogP contribution in [-0.4, -0.2) is 4.83 Å². The van der Waals surface area contributed by atoms with Crippen LogP contribution in [0.4, 0.5) is 4.39 Å². The maximum atomic E-state index is 13.0. The molecule has 0 saturated carbocycles. The second-order valence-electron chi connectivity index (χ2n) is 3.93. The molecule has 1 aromatic carbocycles. The van der Waals surface area contributed by atoms with Crippen molar-refractivity contribution in [2.45, 2.75) is 32.0 Å². The summed E-state index contributed by atoms with van der Waals surface area (Å²) < 4.78 is 13.0. The molecule has 78 valence electrons. The Hall–Kier alpha value is -0.370. The summed E-state index contributed by atoms with van der Waals surface area (Å²) in [7, 11) is 0. The SMILES string of the molecule is Cc1ccc(F)cc1CC(C)C(C)Br. The van der Waals surface area contributed by atoms with Gasteiger partial charge in [-0.15, -0.1) is 0 Å². The molecule has 0 heterocycles. The summed E-state index contributed by atoms with van der Waals surface area (Å²) in [6, 6.07) is 5.00. The van der Waals surface area contributed by atoms with Crippen LogP contribution < -0.4 is 0 Å². The predicted molar refractivity (Wildman–Crippen MR) is 62.4 cm³/mol. The Morgan fingerprint density at radius 2 is 2.00 bits per heavy atom. The predicted octanol–water partition coefficient (Wildman–Crippen LogP) is 4.10. The smallest absolute Gasteiger partial charge is 0.123 e. The summed E-state index contributed by atoms with van der Waals surface area (Å²) in [5.41, 5.74) is 2.29. The van der Waals surface area contributed by atoms with E-state index in [4.69, 9.17) is 0 Å². The Kier molecular flexibility index (Phi) is 4.11. The first-order chi connectivity index (χ1) is 6.50. The lowest BCUT2D eigenvalue weighted by molar-refractivity contribution is 0.572. The maximum Gasteiger partial charge on any atom is 0.123 e. The molecule has 0 aliphatic heterocycles. The average molecular weight is 259 g/mol. The summed E-state index contributed by atoms with van der Waals surface area (Å²) in [5.74, 6) is 0.385. The van der Waals surface area contributed by atoms with Crippen molar-refractivity contribution in [3.63, 3.8) is 0 Å². The highest BCUT2D eigenvalue weighted by Gasteiger charge is 2.11. The molecule has 0 fully saturated rings. The molecule has 0 nitrogen and oxygen atoms in total. The van der Waals surface area contributed by atoms with Gasteiger partial charge < -0.3 is 0 Å². The highest BCUT2D eigenvalue weighted by molar-refractivity contribution is 9.09. The molecular weight excluding hydrogens is 243 g/mol. The average Bonchev–Trinajstić information content (AvgIpc) is 2.11. The van der Waals surface area contributed by atoms with Crippen LogP contribution in [0.1, 0.15) is 25.0 Å². The van der Waals surface area contributed by atoms with Crippen LogP contribution in [0.3, 0.4) is 0 Å². The number of alkyl halides is 1. The fraction of sp³-hybridized carbons (Fsp3) is 0.500. The lowest BCUT2D eigenvalue weighted by Gasteiger charge is -2.15. The van der Waals surface area contributed by atoms with Crippen molar-refractivity contribution in [2.24, 2.45) is 5.92 Å². The number of aryl methyl sites for hydroxylation is 1. The Morgan fingerprint density at radius 3 is 2.57 bits per heavy atom. The molecule has 0 spiro atoms. The molecule has 2 unspecified atom stereocenters. The Labute approximate surface area is 93.7 Å². The minimum atomic E-state index is -0.139. The van der Waals surface area contributed by atoms with Gasteiger partial charge in [0.15, 0.2) is 0 Å². The first-order valence-electron chi connectivity index (χ1n) is 4.90. The lowest BCUT2D eigenvalue weighted by atomic mass is 9.96. The molecule has 0 saturated heterocycles. The van der Waals surface area contributed by atoms with Gasteiger partial charge in [0.1, 0.15) is 5.82 Å². The number of benzene rings is 1. The van der Waals surface area contributed by atoms with E-state index in [2.05, 4.69) is 29.8 Å². The van der Waals surface area contributed by atoms with E-state index in [1.807, 2.05) is 13.0 Å². The van der Waals surface area contributed by atoms with E-state index in [0.29, 0.717) is 10.7 Å². The van der Waals surface area contributed by atoms with E-state index >= 15 is 0 Å². The third-order valence-electron chi connectivity index (χ3n) is 2.64. The van der Waals surface area contributed by atoms with Crippen molar-refractivity contribution < 1.29 is 4.39 Å². The summed E-state index contributed by atoms with van der Waals surface area (Å²) in [5, 5.41) is 0. The van der Waals surface area contributed by atoms with Crippen molar-refractivity contribution in [3.05, 3.63) is 35.1 Å². The van der Waals surface area contributed by atoms with E-state index < -0.39 is 0 Å². The Morgan fingerprint density at radius 1 is 1.36 bits per heavy atom. The molecule has 2 atom stereocenters. The van der Waals surface area contributed by atoms with Gasteiger partial charge in [0.2, 0.25) is 0 Å². The minimum absolute atomic E-state index is 0.139. The second-order valence-corrected chi connectivity index (χ2v) is 5.37. The molecule has 14 heavy (non-hydrogen) atoms. The van der Waals surface area contributed by atoms with Crippen molar-refractivity contribution >= 4 is 15.9 Å². The van der Waals surface area contributed by atoms with Crippen molar-refractivity contribution in [3.8, 4) is 0 Å². The normalized spacial score (nSPS) is 15.2. The van der Waals surface area contributed by atoms with Crippen LogP contribution in [-0.2, 0) is 6.42 Å². The van der Waals surface area contributed by atoms with Gasteiger partial charge >= 0.3 is 0 Å². The molecule has 0 aromatic heterocycles. The molecule has 0 radical (unpaired) electrons. The Balaban J connectivity index is 2.80. The molecule has 2 heteroatoms. The summed E-state index contributed by atoms with van der Waals surface area (Å²) >= 11 is 3.55. The lowest BCUT2D eigenvalue weighted by Crippen LogP contribution is -2.10. The third kappa shape index (κ3) is 3.09. The van der Waals surface area contributed by atoms with E-state index in [9.17, 15) is 4.39 Å². The second kappa shape index (κ2) is 4.92. The highest BCUT2D eigenvalue weighted by Crippen LogP contribution is 2.20. The first kappa shape index (κ1) is 11.7.